The molecule has 0 fully saturated rings. The van der Waals surface area contributed by atoms with Crippen LogP contribution in [0.4, 0.5) is 30.7 Å². The minimum atomic E-state index is -4.80. The Hall–Kier alpha value is -2.55. The van der Waals surface area contributed by atoms with E-state index in [4.69, 9.17) is 5.73 Å². The average Bonchev–Trinajstić information content (AvgIpc) is 2.96. The third-order valence-electron chi connectivity index (χ3n) is 4.76. The largest absolute Gasteiger partial charge is 0.417 e. The lowest BCUT2D eigenvalue weighted by molar-refractivity contribution is -0.148. The summed E-state index contributed by atoms with van der Waals surface area (Å²) in [6, 6.07) is 4.09. The van der Waals surface area contributed by atoms with Gasteiger partial charge in [-0.15, -0.1) is 0 Å². The van der Waals surface area contributed by atoms with Gasteiger partial charge in [0.25, 0.3) is 0 Å². The lowest BCUT2D eigenvalue weighted by atomic mass is 9.97. The van der Waals surface area contributed by atoms with Crippen molar-refractivity contribution >= 4 is 10.9 Å². The molecule has 0 aliphatic carbocycles. The van der Waals surface area contributed by atoms with Crippen LogP contribution in [-0.2, 0) is 12.7 Å². The summed E-state index contributed by atoms with van der Waals surface area (Å²) in [5.74, 6) is -0.968. The quantitative estimate of drug-likeness (QED) is 0.458. The van der Waals surface area contributed by atoms with Crippen molar-refractivity contribution in [2.45, 2.75) is 38.8 Å². The highest BCUT2D eigenvalue weighted by atomic mass is 19.4. The smallest absolute Gasteiger partial charge is 0.347 e. The molecule has 0 aliphatic heterocycles. The molecule has 1 aromatic heterocycles. The van der Waals surface area contributed by atoms with Crippen molar-refractivity contribution in [3.8, 4) is 11.1 Å². The molecule has 3 rings (SSSR count). The first kappa shape index (κ1) is 22.1. The molecule has 0 saturated heterocycles. The third-order valence-corrected chi connectivity index (χ3v) is 4.76. The van der Waals surface area contributed by atoms with Crippen molar-refractivity contribution in [3.63, 3.8) is 0 Å². The normalized spacial score (nSPS) is 14.0. The van der Waals surface area contributed by atoms with Crippen LogP contribution in [-0.4, -0.2) is 10.7 Å². The first-order valence-electron chi connectivity index (χ1n) is 9.11. The molecular weight excluding hydrogens is 413 g/mol. The molecule has 2 aromatic carbocycles. The van der Waals surface area contributed by atoms with Gasteiger partial charge in [0, 0.05) is 29.2 Å². The van der Waals surface area contributed by atoms with E-state index in [1.807, 2.05) is 13.8 Å². The molecule has 0 spiro atoms. The Morgan fingerprint density at radius 2 is 1.63 bits per heavy atom. The fourth-order valence-electron chi connectivity index (χ4n) is 3.46. The monoisotopic (exact) mass is 432 g/mol. The van der Waals surface area contributed by atoms with Gasteiger partial charge in [-0.1, -0.05) is 32.0 Å². The number of aromatic nitrogens is 1. The predicted molar refractivity (Wildman–Crippen MR) is 100 cm³/mol. The lowest BCUT2D eigenvalue weighted by Gasteiger charge is -2.15. The van der Waals surface area contributed by atoms with Crippen molar-refractivity contribution in [1.29, 1.82) is 0 Å². The van der Waals surface area contributed by atoms with E-state index in [1.54, 1.807) is 4.57 Å². The molecule has 0 aliphatic rings. The number of nitrogens with zero attached hydrogens (tertiary/aromatic N) is 1. The maximum absolute atomic E-state index is 13.4. The molecule has 1 heterocycles. The number of hydrogen-bond acceptors (Lipinski definition) is 1. The summed E-state index contributed by atoms with van der Waals surface area (Å²) in [7, 11) is 0. The number of halogens is 7. The van der Waals surface area contributed by atoms with E-state index in [1.165, 1.54) is 24.4 Å². The molecular formula is C21H19F7N2. The van der Waals surface area contributed by atoms with E-state index in [9.17, 15) is 30.7 Å². The Morgan fingerprint density at radius 1 is 0.967 bits per heavy atom. The highest BCUT2D eigenvalue weighted by Crippen LogP contribution is 2.40. The lowest BCUT2D eigenvalue weighted by Crippen LogP contribution is -2.28. The highest BCUT2D eigenvalue weighted by Gasteiger charge is 2.39. The number of fused-ring (bicyclic) bond motifs is 1. The first-order valence-corrected chi connectivity index (χ1v) is 9.11. The van der Waals surface area contributed by atoms with Crippen molar-refractivity contribution in [3.05, 3.63) is 59.5 Å². The maximum atomic E-state index is 13.4. The van der Waals surface area contributed by atoms with Crippen LogP contribution in [0.1, 0.15) is 31.0 Å². The van der Waals surface area contributed by atoms with Gasteiger partial charge in [0.15, 0.2) is 0 Å². The zero-order valence-corrected chi connectivity index (χ0v) is 16.1. The number of alkyl halides is 6. The number of nitrogens with two attached hydrogens (primary N) is 1. The van der Waals surface area contributed by atoms with Crippen LogP contribution in [0.5, 0.6) is 0 Å². The van der Waals surface area contributed by atoms with E-state index in [-0.39, 0.29) is 28.0 Å². The Morgan fingerprint density at radius 3 is 2.20 bits per heavy atom. The van der Waals surface area contributed by atoms with Crippen molar-refractivity contribution in [2.24, 2.45) is 11.7 Å². The first-order chi connectivity index (χ1) is 13.8. The highest BCUT2D eigenvalue weighted by molar-refractivity contribution is 5.89. The summed E-state index contributed by atoms with van der Waals surface area (Å²) < 4.78 is 94.8. The summed E-state index contributed by atoms with van der Waals surface area (Å²) in [5, 5.41) is 0.208. The molecule has 0 amide bonds. The minimum absolute atomic E-state index is 0.0655. The van der Waals surface area contributed by atoms with Crippen LogP contribution in [0.15, 0.2) is 42.6 Å². The van der Waals surface area contributed by atoms with Gasteiger partial charge in [-0.3, -0.25) is 0 Å². The van der Waals surface area contributed by atoms with Crippen LogP contribution in [0.3, 0.4) is 0 Å². The molecule has 9 heteroatoms. The molecule has 2 nitrogen and oxygen atoms in total. The zero-order valence-electron chi connectivity index (χ0n) is 16.1. The maximum Gasteiger partial charge on any atom is 0.417 e. The molecule has 0 radical (unpaired) electrons. The Labute approximate surface area is 168 Å². The van der Waals surface area contributed by atoms with Gasteiger partial charge in [-0.05, 0) is 35.2 Å². The number of hydrogen-bond donors (Lipinski definition) is 1. The molecule has 0 saturated carbocycles. The van der Waals surface area contributed by atoms with Crippen molar-refractivity contribution in [2.75, 3.05) is 0 Å². The van der Waals surface area contributed by atoms with Gasteiger partial charge < -0.3 is 10.3 Å². The van der Waals surface area contributed by atoms with Gasteiger partial charge >= 0.3 is 12.4 Å². The van der Waals surface area contributed by atoms with Gasteiger partial charge in [-0.2, -0.15) is 26.3 Å². The standard InChI is InChI=1S/C21H19F7N2/c1-11(2)9-30-10-16(19(29)21(26,27)28)15-5-3-12(7-18(15)30)14-6-4-13(22)8-17(14)20(23,24)25/h3-8,10-11,19H,9,29H2,1-2H3/t19-/m0/s1. The molecule has 162 valence electrons. The second kappa shape index (κ2) is 7.61. The minimum Gasteiger partial charge on any atom is -0.347 e. The van der Waals surface area contributed by atoms with E-state index >= 15 is 0 Å². The second-order valence-electron chi connectivity index (χ2n) is 7.57. The molecule has 0 bridgehead atoms. The van der Waals surface area contributed by atoms with E-state index < -0.39 is 29.8 Å². The van der Waals surface area contributed by atoms with Crippen LogP contribution >= 0.6 is 0 Å². The van der Waals surface area contributed by atoms with Gasteiger partial charge in [-0.25, -0.2) is 4.39 Å². The summed E-state index contributed by atoms with van der Waals surface area (Å²) in [4.78, 5) is 0. The summed E-state index contributed by atoms with van der Waals surface area (Å²) >= 11 is 0. The Bertz CT molecular complexity index is 1060. The predicted octanol–water partition coefficient (Wildman–Crippen LogP) is 6.68. The number of rotatable bonds is 4. The number of benzene rings is 2. The molecule has 1 atom stereocenters. The fraction of sp³-hybridized carbons (Fsp3) is 0.333. The Balaban J connectivity index is 2.24. The van der Waals surface area contributed by atoms with Gasteiger partial charge in [0.1, 0.15) is 11.9 Å². The second-order valence-corrected chi connectivity index (χ2v) is 7.57. The summed E-state index contributed by atoms with van der Waals surface area (Å²) in [6.45, 7) is 4.07. The summed E-state index contributed by atoms with van der Waals surface area (Å²) in [5.41, 5.74) is 4.27. The molecule has 2 N–H and O–H groups in total. The van der Waals surface area contributed by atoms with Crippen LogP contribution < -0.4 is 5.73 Å². The Kier molecular flexibility index (Phi) is 5.62. The average molecular weight is 432 g/mol. The topological polar surface area (TPSA) is 30.9 Å². The molecule has 30 heavy (non-hydrogen) atoms. The van der Waals surface area contributed by atoms with E-state index in [2.05, 4.69) is 0 Å². The molecule has 3 aromatic rings. The molecule has 0 unspecified atom stereocenters. The van der Waals surface area contributed by atoms with E-state index in [0.29, 0.717) is 18.1 Å². The van der Waals surface area contributed by atoms with Crippen LogP contribution in [0, 0.1) is 11.7 Å². The van der Waals surface area contributed by atoms with Crippen LogP contribution in [0.2, 0.25) is 0 Å². The van der Waals surface area contributed by atoms with Crippen molar-refractivity contribution < 1.29 is 30.7 Å². The zero-order chi connectivity index (χ0) is 22.4. The van der Waals surface area contributed by atoms with Gasteiger partial charge in [0.05, 0.1) is 5.56 Å². The summed E-state index contributed by atoms with van der Waals surface area (Å²) in [6.07, 6.45) is -8.17. The van der Waals surface area contributed by atoms with E-state index in [0.717, 1.165) is 12.1 Å². The third kappa shape index (κ3) is 4.30. The van der Waals surface area contributed by atoms with Gasteiger partial charge in [0.2, 0.25) is 0 Å². The SMILES string of the molecule is CC(C)Cn1cc([C@H](N)C(F)(F)F)c2ccc(-c3ccc(F)cc3C(F)(F)F)cc21. The fourth-order valence-corrected chi connectivity index (χ4v) is 3.46. The van der Waals surface area contributed by atoms with Crippen LogP contribution in [0.25, 0.3) is 22.0 Å². The van der Waals surface area contributed by atoms with Crippen molar-refractivity contribution in [1.82, 2.24) is 4.57 Å².